The van der Waals surface area contributed by atoms with E-state index in [1.54, 1.807) is 18.9 Å². The van der Waals surface area contributed by atoms with Gasteiger partial charge in [-0.2, -0.15) is 0 Å². The van der Waals surface area contributed by atoms with Gasteiger partial charge in [0.1, 0.15) is 5.75 Å². The molecule has 0 saturated carbocycles. The van der Waals surface area contributed by atoms with Crippen molar-refractivity contribution in [2.75, 3.05) is 23.9 Å². The Morgan fingerprint density at radius 1 is 1.16 bits per heavy atom. The second kappa shape index (κ2) is 7.38. The van der Waals surface area contributed by atoms with Gasteiger partial charge in [-0.15, -0.1) is 0 Å². The Hall–Kier alpha value is -2.82. The number of fused-ring (bicyclic) bond motifs is 1. The van der Waals surface area contributed by atoms with E-state index in [0.29, 0.717) is 25.1 Å². The first-order chi connectivity index (χ1) is 12.1. The van der Waals surface area contributed by atoms with E-state index < -0.39 is 0 Å². The minimum absolute atomic E-state index is 0.00122. The van der Waals surface area contributed by atoms with Crippen molar-refractivity contribution in [2.45, 2.75) is 26.2 Å². The highest BCUT2D eigenvalue weighted by Crippen LogP contribution is 2.35. The van der Waals surface area contributed by atoms with Gasteiger partial charge in [0, 0.05) is 19.9 Å². The molecule has 0 spiro atoms. The van der Waals surface area contributed by atoms with Crippen molar-refractivity contribution in [3.05, 3.63) is 53.6 Å². The van der Waals surface area contributed by atoms with Crippen molar-refractivity contribution in [2.24, 2.45) is 0 Å². The van der Waals surface area contributed by atoms with E-state index >= 15 is 0 Å². The molecule has 2 aromatic carbocycles. The number of aryl methyl sites for hydroxylation is 1. The maximum absolute atomic E-state index is 12.3. The van der Waals surface area contributed by atoms with Crippen LogP contribution in [-0.4, -0.2) is 25.5 Å². The van der Waals surface area contributed by atoms with E-state index in [-0.39, 0.29) is 11.8 Å². The number of hydrogen-bond donors (Lipinski definition) is 1. The first kappa shape index (κ1) is 17.0. The maximum Gasteiger partial charge on any atom is 0.224 e. The van der Waals surface area contributed by atoms with Crippen LogP contribution >= 0.6 is 0 Å². The number of nitrogens with zero attached hydrogens (tertiary/aromatic N) is 1. The van der Waals surface area contributed by atoms with Gasteiger partial charge in [0.25, 0.3) is 0 Å². The van der Waals surface area contributed by atoms with Gasteiger partial charge in [0.05, 0.1) is 18.5 Å². The van der Waals surface area contributed by atoms with E-state index in [9.17, 15) is 9.59 Å². The summed E-state index contributed by atoms with van der Waals surface area (Å²) >= 11 is 0. The molecule has 0 aromatic heterocycles. The number of para-hydroxylation sites is 1. The van der Waals surface area contributed by atoms with Gasteiger partial charge in [0.15, 0.2) is 0 Å². The molecule has 0 bridgehead atoms. The third-order valence-corrected chi connectivity index (χ3v) is 4.45. The zero-order valence-electron chi connectivity index (χ0n) is 14.5. The van der Waals surface area contributed by atoms with Gasteiger partial charge in [-0.3, -0.25) is 9.59 Å². The molecule has 5 nitrogen and oxygen atoms in total. The van der Waals surface area contributed by atoms with Crippen LogP contribution in [0.2, 0.25) is 0 Å². The van der Waals surface area contributed by atoms with Crippen LogP contribution in [0.15, 0.2) is 42.5 Å². The number of carbonyl (C=O) groups excluding carboxylic acids is 2. The fourth-order valence-electron chi connectivity index (χ4n) is 3.13. The Kier molecular flexibility index (Phi) is 5.03. The van der Waals surface area contributed by atoms with Gasteiger partial charge in [-0.25, -0.2) is 0 Å². The Bertz CT molecular complexity index is 784. The molecule has 2 amide bonds. The molecule has 0 atom stereocenters. The molecule has 0 radical (unpaired) electrons. The summed E-state index contributed by atoms with van der Waals surface area (Å²) in [6, 6.07) is 13.5. The molecule has 0 saturated heterocycles. The minimum Gasteiger partial charge on any atom is -0.497 e. The van der Waals surface area contributed by atoms with Crippen LogP contribution in [0.5, 0.6) is 5.75 Å². The van der Waals surface area contributed by atoms with E-state index in [4.69, 9.17) is 4.74 Å². The van der Waals surface area contributed by atoms with Crippen LogP contribution in [0.25, 0.3) is 0 Å². The van der Waals surface area contributed by atoms with E-state index in [2.05, 4.69) is 5.32 Å². The standard InChI is InChI=1S/C20H22N2O3/c1-14(23)22-13-12-16-4-3-5-18(20(16)22)21-19(24)11-8-15-6-9-17(25-2)10-7-15/h3-7,9-10H,8,11-13H2,1-2H3,(H,21,24). The van der Waals surface area contributed by atoms with Crippen LogP contribution in [0.3, 0.4) is 0 Å². The number of nitrogens with one attached hydrogen (secondary N) is 1. The Morgan fingerprint density at radius 3 is 2.60 bits per heavy atom. The minimum atomic E-state index is -0.0559. The molecule has 0 aliphatic carbocycles. The highest BCUT2D eigenvalue weighted by Gasteiger charge is 2.25. The number of rotatable bonds is 5. The highest BCUT2D eigenvalue weighted by atomic mass is 16.5. The van der Waals surface area contributed by atoms with Crippen LogP contribution in [0.1, 0.15) is 24.5 Å². The number of methoxy groups -OCH3 is 1. The molecule has 5 heteroatoms. The molecular weight excluding hydrogens is 316 g/mol. The summed E-state index contributed by atoms with van der Waals surface area (Å²) in [6.45, 7) is 2.22. The predicted octanol–water partition coefficient (Wildman–Crippen LogP) is 3.18. The summed E-state index contributed by atoms with van der Waals surface area (Å²) in [5.41, 5.74) is 3.74. The van der Waals surface area contributed by atoms with Crippen molar-refractivity contribution < 1.29 is 14.3 Å². The lowest BCUT2D eigenvalue weighted by Gasteiger charge is -2.19. The predicted molar refractivity (Wildman–Crippen MR) is 98.1 cm³/mol. The first-order valence-electron chi connectivity index (χ1n) is 8.41. The van der Waals surface area contributed by atoms with Gasteiger partial charge in [-0.1, -0.05) is 24.3 Å². The summed E-state index contributed by atoms with van der Waals surface area (Å²) in [7, 11) is 1.63. The van der Waals surface area contributed by atoms with Crippen LogP contribution in [0, 0.1) is 0 Å². The zero-order chi connectivity index (χ0) is 17.8. The van der Waals surface area contributed by atoms with Crippen LogP contribution in [-0.2, 0) is 22.4 Å². The van der Waals surface area contributed by atoms with Gasteiger partial charge < -0.3 is 15.0 Å². The molecule has 1 N–H and O–H groups in total. The summed E-state index contributed by atoms with van der Waals surface area (Å²) < 4.78 is 5.13. The topological polar surface area (TPSA) is 58.6 Å². The van der Waals surface area contributed by atoms with E-state index in [1.165, 1.54) is 0 Å². The van der Waals surface area contributed by atoms with E-state index in [1.807, 2.05) is 42.5 Å². The molecule has 1 aliphatic heterocycles. The van der Waals surface area contributed by atoms with Crippen molar-refractivity contribution in [3.8, 4) is 5.75 Å². The fraction of sp³-hybridized carbons (Fsp3) is 0.300. The van der Waals surface area contributed by atoms with Crippen molar-refractivity contribution in [1.29, 1.82) is 0 Å². The normalized spacial score (nSPS) is 12.6. The average molecular weight is 338 g/mol. The third kappa shape index (κ3) is 3.82. The quantitative estimate of drug-likeness (QED) is 0.911. The second-order valence-corrected chi connectivity index (χ2v) is 6.13. The van der Waals surface area contributed by atoms with Crippen LogP contribution in [0.4, 0.5) is 11.4 Å². The number of ether oxygens (including phenoxy) is 1. The highest BCUT2D eigenvalue weighted by molar-refractivity contribution is 6.02. The molecule has 1 heterocycles. The van der Waals surface area contributed by atoms with Gasteiger partial charge >= 0.3 is 0 Å². The van der Waals surface area contributed by atoms with Crippen molar-refractivity contribution in [1.82, 2.24) is 0 Å². The number of carbonyl (C=O) groups is 2. The largest absolute Gasteiger partial charge is 0.497 e. The molecule has 25 heavy (non-hydrogen) atoms. The maximum atomic E-state index is 12.3. The van der Waals surface area contributed by atoms with E-state index in [0.717, 1.165) is 29.0 Å². The lowest BCUT2D eigenvalue weighted by molar-refractivity contribution is -0.117. The van der Waals surface area contributed by atoms with Crippen LogP contribution < -0.4 is 15.0 Å². The molecule has 2 aromatic rings. The molecule has 0 unspecified atom stereocenters. The molecule has 0 fully saturated rings. The molecule has 1 aliphatic rings. The monoisotopic (exact) mass is 338 g/mol. The second-order valence-electron chi connectivity index (χ2n) is 6.13. The number of anilines is 2. The summed E-state index contributed by atoms with van der Waals surface area (Å²) in [4.78, 5) is 25.9. The zero-order valence-corrected chi connectivity index (χ0v) is 14.5. The fourth-order valence-corrected chi connectivity index (χ4v) is 3.13. The summed E-state index contributed by atoms with van der Waals surface area (Å²) in [5.74, 6) is 0.746. The number of amides is 2. The SMILES string of the molecule is COc1ccc(CCC(=O)Nc2cccc3c2N(C(C)=O)CC3)cc1. The summed E-state index contributed by atoms with van der Waals surface area (Å²) in [6.07, 6.45) is 1.86. The Labute approximate surface area is 147 Å². The number of hydrogen-bond acceptors (Lipinski definition) is 3. The molecule has 130 valence electrons. The van der Waals surface area contributed by atoms with Crippen molar-refractivity contribution in [3.63, 3.8) is 0 Å². The average Bonchev–Trinajstić information content (AvgIpc) is 3.06. The van der Waals surface area contributed by atoms with Gasteiger partial charge in [-0.05, 0) is 42.2 Å². The molecular formula is C20H22N2O3. The van der Waals surface area contributed by atoms with Gasteiger partial charge in [0.2, 0.25) is 11.8 Å². The Morgan fingerprint density at radius 2 is 1.92 bits per heavy atom. The number of benzene rings is 2. The lowest BCUT2D eigenvalue weighted by atomic mass is 10.1. The van der Waals surface area contributed by atoms with Crippen molar-refractivity contribution >= 4 is 23.2 Å². The lowest BCUT2D eigenvalue weighted by Crippen LogP contribution is -2.27. The first-order valence-corrected chi connectivity index (χ1v) is 8.41. The third-order valence-electron chi connectivity index (χ3n) is 4.45. The molecule has 3 rings (SSSR count). The summed E-state index contributed by atoms with van der Waals surface area (Å²) in [5, 5.41) is 2.96. The smallest absolute Gasteiger partial charge is 0.224 e. The Balaban J connectivity index is 1.65.